The van der Waals surface area contributed by atoms with Gasteiger partial charge >= 0.3 is 0 Å². The van der Waals surface area contributed by atoms with Gasteiger partial charge in [-0.15, -0.1) is 10.2 Å². The topological polar surface area (TPSA) is 81.7 Å². The summed E-state index contributed by atoms with van der Waals surface area (Å²) in [6.07, 6.45) is -0.708. The molecule has 2 heterocycles. The van der Waals surface area contributed by atoms with Crippen molar-refractivity contribution in [2.75, 3.05) is 12.4 Å². The number of aryl methyl sites for hydroxylation is 3. The number of para-hydroxylation sites is 2. The van der Waals surface area contributed by atoms with Crippen LogP contribution in [-0.4, -0.2) is 42.7 Å². The number of rotatable bonds is 7. The van der Waals surface area contributed by atoms with Crippen molar-refractivity contribution in [2.24, 2.45) is 0 Å². The fraction of sp³-hybridized carbons (Fsp3) is 0.222. The number of aromatic nitrogens is 4. The number of nitrogens with zero attached hydrogens (tertiary/aromatic N) is 4. The molecule has 1 unspecified atom stereocenters. The lowest BCUT2D eigenvalue weighted by Crippen LogP contribution is -2.22. The van der Waals surface area contributed by atoms with Gasteiger partial charge in [0.15, 0.2) is 5.16 Å². The molecule has 0 radical (unpaired) electrons. The molecule has 178 valence electrons. The SMILES string of the molecule is Cc1ccc(-n2c(=O)c3ccccc3n3c(SCC(O)COc4c(C)cccc4C)nnc23)cc1. The van der Waals surface area contributed by atoms with E-state index >= 15 is 0 Å². The Morgan fingerprint density at radius 2 is 1.66 bits per heavy atom. The van der Waals surface area contributed by atoms with Crippen molar-refractivity contribution < 1.29 is 9.84 Å². The first-order valence-electron chi connectivity index (χ1n) is 11.4. The van der Waals surface area contributed by atoms with Crippen molar-refractivity contribution in [1.29, 1.82) is 0 Å². The minimum atomic E-state index is -0.708. The van der Waals surface area contributed by atoms with Crippen molar-refractivity contribution in [3.05, 3.63) is 93.8 Å². The fourth-order valence-electron chi connectivity index (χ4n) is 4.12. The number of thioether (sulfide) groups is 1. The Morgan fingerprint density at radius 3 is 2.40 bits per heavy atom. The van der Waals surface area contributed by atoms with Crippen LogP contribution in [0.15, 0.2) is 76.7 Å². The third-order valence-electron chi connectivity index (χ3n) is 5.92. The van der Waals surface area contributed by atoms with Crippen LogP contribution in [-0.2, 0) is 0 Å². The van der Waals surface area contributed by atoms with Crippen LogP contribution in [0.2, 0.25) is 0 Å². The maximum atomic E-state index is 13.4. The van der Waals surface area contributed by atoms with E-state index in [1.807, 2.05) is 91.9 Å². The molecule has 0 fully saturated rings. The van der Waals surface area contributed by atoms with Gasteiger partial charge in [0.2, 0.25) is 5.78 Å². The van der Waals surface area contributed by atoms with E-state index < -0.39 is 6.10 Å². The van der Waals surface area contributed by atoms with Gasteiger partial charge in [0, 0.05) is 5.75 Å². The molecule has 8 heteroatoms. The quantitative estimate of drug-likeness (QED) is 0.342. The van der Waals surface area contributed by atoms with Gasteiger partial charge in [-0.25, -0.2) is 4.57 Å². The van der Waals surface area contributed by atoms with E-state index in [0.29, 0.717) is 22.1 Å². The van der Waals surface area contributed by atoms with E-state index in [1.54, 1.807) is 4.57 Å². The first-order chi connectivity index (χ1) is 16.9. The number of fused-ring (bicyclic) bond motifs is 3. The summed E-state index contributed by atoms with van der Waals surface area (Å²) < 4.78 is 9.37. The highest BCUT2D eigenvalue weighted by Crippen LogP contribution is 2.25. The lowest BCUT2D eigenvalue weighted by atomic mass is 10.1. The van der Waals surface area contributed by atoms with E-state index in [-0.39, 0.29) is 12.2 Å². The average molecular weight is 487 g/mol. The van der Waals surface area contributed by atoms with E-state index in [1.165, 1.54) is 11.8 Å². The number of hydrogen-bond acceptors (Lipinski definition) is 6. The summed E-state index contributed by atoms with van der Waals surface area (Å²) in [4.78, 5) is 13.4. The molecule has 0 spiro atoms. The average Bonchev–Trinajstić information content (AvgIpc) is 3.27. The Morgan fingerprint density at radius 1 is 0.943 bits per heavy atom. The molecule has 7 nitrogen and oxygen atoms in total. The highest BCUT2D eigenvalue weighted by atomic mass is 32.2. The van der Waals surface area contributed by atoms with E-state index in [4.69, 9.17) is 4.74 Å². The van der Waals surface area contributed by atoms with E-state index in [9.17, 15) is 9.90 Å². The Balaban J connectivity index is 1.46. The third kappa shape index (κ3) is 4.42. The van der Waals surface area contributed by atoms with Crippen molar-refractivity contribution >= 4 is 28.4 Å². The summed E-state index contributed by atoms with van der Waals surface area (Å²) in [5, 5.41) is 20.5. The van der Waals surface area contributed by atoms with Crippen LogP contribution < -0.4 is 10.3 Å². The molecule has 0 saturated heterocycles. The smallest absolute Gasteiger partial charge is 0.267 e. The molecule has 1 atom stereocenters. The molecule has 0 saturated carbocycles. The molecule has 0 amide bonds. The Kier molecular flexibility index (Phi) is 6.32. The van der Waals surface area contributed by atoms with Crippen LogP contribution in [0.25, 0.3) is 22.4 Å². The van der Waals surface area contributed by atoms with Gasteiger partial charge in [-0.05, 0) is 56.2 Å². The van der Waals surface area contributed by atoms with E-state index in [2.05, 4.69) is 10.2 Å². The van der Waals surface area contributed by atoms with Gasteiger partial charge < -0.3 is 9.84 Å². The lowest BCUT2D eigenvalue weighted by molar-refractivity contribution is 0.125. The van der Waals surface area contributed by atoms with Gasteiger partial charge in [0.05, 0.1) is 22.7 Å². The molecular weight excluding hydrogens is 460 g/mol. The minimum Gasteiger partial charge on any atom is -0.490 e. The summed E-state index contributed by atoms with van der Waals surface area (Å²) in [5.41, 5.74) is 4.48. The van der Waals surface area contributed by atoms with Gasteiger partial charge in [-0.3, -0.25) is 9.20 Å². The number of hydrogen-bond donors (Lipinski definition) is 1. The minimum absolute atomic E-state index is 0.150. The van der Waals surface area contributed by atoms with Crippen LogP contribution in [0.3, 0.4) is 0 Å². The van der Waals surface area contributed by atoms with E-state index in [0.717, 1.165) is 33.6 Å². The number of aliphatic hydroxyl groups excluding tert-OH is 1. The Labute approximate surface area is 207 Å². The molecule has 1 N–H and O–H groups in total. The van der Waals surface area contributed by atoms with Gasteiger partial charge in [0.1, 0.15) is 12.4 Å². The molecule has 35 heavy (non-hydrogen) atoms. The summed E-state index contributed by atoms with van der Waals surface area (Å²) in [6.45, 7) is 6.16. The molecule has 0 aliphatic carbocycles. The van der Waals surface area contributed by atoms with Crippen molar-refractivity contribution in [3.63, 3.8) is 0 Å². The molecule has 3 aromatic carbocycles. The zero-order chi connectivity index (χ0) is 24.5. The summed E-state index contributed by atoms with van der Waals surface area (Å²) in [7, 11) is 0. The molecule has 5 aromatic rings. The molecule has 0 aliphatic heterocycles. The molecule has 5 rings (SSSR count). The summed E-state index contributed by atoms with van der Waals surface area (Å²) in [6, 6.07) is 21.1. The number of benzene rings is 3. The summed E-state index contributed by atoms with van der Waals surface area (Å²) >= 11 is 1.38. The van der Waals surface area contributed by atoms with Crippen molar-refractivity contribution in [1.82, 2.24) is 19.2 Å². The maximum Gasteiger partial charge on any atom is 0.267 e. The first kappa shape index (κ1) is 23.1. The predicted molar refractivity (Wildman–Crippen MR) is 139 cm³/mol. The second-order valence-electron chi connectivity index (χ2n) is 8.61. The normalized spacial score (nSPS) is 12.3. The highest BCUT2D eigenvalue weighted by Gasteiger charge is 2.19. The summed E-state index contributed by atoms with van der Waals surface area (Å²) in [5.74, 6) is 1.60. The van der Waals surface area contributed by atoms with Gasteiger partial charge in [-0.1, -0.05) is 59.8 Å². The Hall–Kier alpha value is -3.62. The zero-order valence-corrected chi connectivity index (χ0v) is 20.6. The first-order valence-corrected chi connectivity index (χ1v) is 12.4. The van der Waals surface area contributed by atoms with Crippen molar-refractivity contribution in [3.8, 4) is 11.4 Å². The Bertz CT molecular complexity index is 1550. The van der Waals surface area contributed by atoms with Crippen molar-refractivity contribution in [2.45, 2.75) is 32.0 Å². The predicted octanol–water partition coefficient (Wildman–Crippen LogP) is 4.49. The molecule has 0 bridgehead atoms. The fourth-order valence-corrected chi connectivity index (χ4v) is 4.97. The largest absolute Gasteiger partial charge is 0.490 e. The highest BCUT2D eigenvalue weighted by molar-refractivity contribution is 7.99. The number of aliphatic hydroxyl groups is 1. The van der Waals surface area contributed by atoms with Crippen LogP contribution in [0.1, 0.15) is 16.7 Å². The maximum absolute atomic E-state index is 13.4. The second kappa shape index (κ2) is 9.56. The van der Waals surface area contributed by atoms with Crippen LogP contribution in [0, 0.1) is 20.8 Å². The monoisotopic (exact) mass is 486 g/mol. The standard InChI is InChI=1S/C27H26N4O3S/c1-17-11-13-20(14-12-17)30-25(33)22-9-4-5-10-23(22)31-26(30)28-29-27(31)35-16-21(32)15-34-24-18(2)7-6-8-19(24)3/h4-14,21,32H,15-16H2,1-3H3. The molecule has 0 aliphatic rings. The van der Waals surface area contributed by atoms with Crippen LogP contribution in [0.4, 0.5) is 0 Å². The molecular formula is C27H26N4O3S. The zero-order valence-electron chi connectivity index (χ0n) is 19.8. The van der Waals surface area contributed by atoms with Gasteiger partial charge in [0.25, 0.3) is 5.56 Å². The third-order valence-corrected chi connectivity index (χ3v) is 6.99. The number of ether oxygens (including phenoxy) is 1. The van der Waals surface area contributed by atoms with Crippen LogP contribution in [0.5, 0.6) is 5.75 Å². The lowest BCUT2D eigenvalue weighted by Gasteiger charge is -2.15. The molecule has 2 aromatic heterocycles. The second-order valence-corrected chi connectivity index (χ2v) is 9.60. The van der Waals surface area contributed by atoms with Gasteiger partial charge in [-0.2, -0.15) is 0 Å². The van der Waals surface area contributed by atoms with Crippen LogP contribution >= 0.6 is 11.8 Å².